The molecule has 0 unspecified atom stereocenters. The van der Waals surface area contributed by atoms with Crippen LogP contribution in [0.25, 0.3) is 11.0 Å². The lowest BCUT2D eigenvalue weighted by atomic mass is 10.0. The number of carbonyl (C=O) groups is 1. The quantitative estimate of drug-likeness (QED) is 0.595. The molecule has 0 amide bonds. The van der Waals surface area contributed by atoms with E-state index in [1.165, 1.54) is 13.0 Å². The van der Waals surface area contributed by atoms with Crippen LogP contribution in [-0.2, 0) is 10.9 Å². The third-order valence-electron chi connectivity index (χ3n) is 2.94. The zero-order chi connectivity index (χ0) is 15.9. The molecule has 0 saturated carbocycles. The molecule has 1 aromatic heterocycles. The molecular weight excluding hydrogens is 313 g/mol. The summed E-state index contributed by atoms with van der Waals surface area (Å²) in [7, 11) is 1.09. The van der Waals surface area contributed by atoms with Crippen molar-refractivity contribution >= 4 is 28.5 Å². The van der Waals surface area contributed by atoms with Crippen molar-refractivity contribution in [3.05, 3.63) is 44.3 Å². The molecule has 0 radical (unpaired) electrons. The van der Waals surface area contributed by atoms with Gasteiger partial charge >= 0.3 is 17.8 Å². The summed E-state index contributed by atoms with van der Waals surface area (Å²) in [6.45, 7) is 1.45. The summed E-state index contributed by atoms with van der Waals surface area (Å²) in [6, 6.07) is 1.80. The average Bonchev–Trinajstić information content (AvgIpc) is 2.40. The summed E-state index contributed by atoms with van der Waals surface area (Å²) in [5.74, 6) is -0.871. The van der Waals surface area contributed by atoms with Crippen LogP contribution in [0, 0.1) is 6.92 Å². The van der Waals surface area contributed by atoms with Gasteiger partial charge in [0.15, 0.2) is 5.58 Å². The number of alkyl halides is 3. The maximum absolute atomic E-state index is 12.7. The van der Waals surface area contributed by atoms with E-state index in [2.05, 4.69) is 9.15 Å². The van der Waals surface area contributed by atoms with Crippen molar-refractivity contribution in [2.24, 2.45) is 0 Å². The third-order valence-corrected chi connectivity index (χ3v) is 3.33. The number of aryl methyl sites for hydroxylation is 1. The molecule has 0 aliphatic heterocycles. The van der Waals surface area contributed by atoms with E-state index < -0.39 is 23.3 Å². The first-order valence-electron chi connectivity index (χ1n) is 5.59. The highest BCUT2D eigenvalue weighted by Gasteiger charge is 2.36. The number of rotatable bonds is 1. The van der Waals surface area contributed by atoms with Gasteiger partial charge in [0.2, 0.25) is 0 Å². The van der Waals surface area contributed by atoms with Crippen LogP contribution in [-0.4, -0.2) is 13.1 Å². The summed E-state index contributed by atoms with van der Waals surface area (Å²) < 4.78 is 47.4. The Morgan fingerprint density at radius 1 is 1.33 bits per heavy atom. The van der Waals surface area contributed by atoms with E-state index in [0.717, 1.165) is 7.11 Å². The molecule has 8 heteroatoms. The van der Waals surface area contributed by atoms with Crippen molar-refractivity contribution in [2.45, 2.75) is 13.1 Å². The van der Waals surface area contributed by atoms with Crippen LogP contribution in [0.3, 0.4) is 0 Å². The maximum atomic E-state index is 12.7. The Morgan fingerprint density at radius 3 is 2.48 bits per heavy atom. The Hall–Kier alpha value is -2.02. The van der Waals surface area contributed by atoms with Crippen molar-refractivity contribution in [3.8, 4) is 0 Å². The lowest BCUT2D eigenvalue weighted by molar-refractivity contribution is -0.139. The van der Waals surface area contributed by atoms with Gasteiger partial charge in [0.1, 0.15) is 11.1 Å². The van der Waals surface area contributed by atoms with Crippen molar-refractivity contribution in [1.29, 1.82) is 0 Å². The SMILES string of the molecule is COC(=O)c1cc(Cl)c(C)c2cc(C(F)(F)F)c(=O)oc12. The van der Waals surface area contributed by atoms with Crippen molar-refractivity contribution < 1.29 is 27.1 Å². The number of methoxy groups -OCH3 is 1. The molecule has 112 valence electrons. The molecule has 1 aromatic carbocycles. The minimum absolute atomic E-state index is 0.0601. The fraction of sp³-hybridized carbons (Fsp3) is 0.231. The normalized spacial score (nSPS) is 11.7. The average molecular weight is 321 g/mol. The van der Waals surface area contributed by atoms with E-state index in [1.807, 2.05) is 0 Å². The Bertz CT molecular complexity index is 793. The Balaban J connectivity index is 2.95. The van der Waals surface area contributed by atoms with E-state index in [9.17, 15) is 22.8 Å². The van der Waals surface area contributed by atoms with Crippen LogP contribution < -0.4 is 5.63 Å². The molecule has 2 aromatic rings. The fourth-order valence-corrected chi connectivity index (χ4v) is 2.05. The van der Waals surface area contributed by atoms with Crippen molar-refractivity contribution in [1.82, 2.24) is 0 Å². The topological polar surface area (TPSA) is 56.5 Å². The van der Waals surface area contributed by atoms with E-state index in [0.29, 0.717) is 6.07 Å². The Morgan fingerprint density at radius 2 is 1.95 bits per heavy atom. The second-order valence-electron chi connectivity index (χ2n) is 4.21. The number of carbonyl (C=O) groups excluding carboxylic acids is 1. The van der Waals surface area contributed by atoms with Gasteiger partial charge in [-0.3, -0.25) is 0 Å². The van der Waals surface area contributed by atoms with Gasteiger partial charge in [-0.2, -0.15) is 13.2 Å². The number of ether oxygens (including phenoxy) is 1. The molecule has 0 bridgehead atoms. The van der Waals surface area contributed by atoms with Crippen LogP contribution in [0.2, 0.25) is 5.02 Å². The summed E-state index contributed by atoms with van der Waals surface area (Å²) >= 11 is 5.89. The van der Waals surface area contributed by atoms with Gasteiger partial charge in [0.25, 0.3) is 0 Å². The minimum atomic E-state index is -4.87. The molecule has 2 rings (SSSR count). The third kappa shape index (κ3) is 2.61. The summed E-state index contributed by atoms with van der Waals surface area (Å²) in [5, 5.41) is -0.0142. The van der Waals surface area contributed by atoms with E-state index in [1.54, 1.807) is 0 Å². The van der Waals surface area contributed by atoms with E-state index >= 15 is 0 Å². The standard InChI is InChI=1S/C13H8ClF3O4/c1-5-6-3-8(13(15,16)17)12(19)21-10(6)7(4-9(5)14)11(18)20-2/h3-4H,1-2H3. The molecule has 4 nitrogen and oxygen atoms in total. The predicted molar refractivity (Wildman–Crippen MR) is 68.6 cm³/mol. The zero-order valence-corrected chi connectivity index (χ0v) is 11.6. The zero-order valence-electron chi connectivity index (χ0n) is 10.8. The van der Waals surface area contributed by atoms with Gasteiger partial charge in [0, 0.05) is 10.4 Å². The molecule has 0 fully saturated rings. The predicted octanol–water partition coefficient (Wildman–Crippen LogP) is 3.56. The van der Waals surface area contributed by atoms with Crippen LogP contribution in [0.4, 0.5) is 13.2 Å². The molecule has 0 aliphatic rings. The highest BCUT2D eigenvalue weighted by Crippen LogP contribution is 2.33. The molecule has 0 N–H and O–H groups in total. The molecule has 0 spiro atoms. The maximum Gasteiger partial charge on any atom is 0.423 e. The lowest BCUT2D eigenvalue weighted by Gasteiger charge is -2.11. The first-order chi connectivity index (χ1) is 9.66. The van der Waals surface area contributed by atoms with Gasteiger partial charge < -0.3 is 9.15 Å². The minimum Gasteiger partial charge on any atom is -0.465 e. The number of hydrogen-bond acceptors (Lipinski definition) is 4. The summed E-state index contributed by atoms with van der Waals surface area (Å²) in [6.07, 6.45) is -4.87. The van der Waals surface area contributed by atoms with E-state index in [-0.39, 0.29) is 27.1 Å². The second kappa shape index (κ2) is 5.07. The smallest absolute Gasteiger partial charge is 0.423 e. The van der Waals surface area contributed by atoms with Gasteiger partial charge in [-0.15, -0.1) is 0 Å². The van der Waals surface area contributed by atoms with Crippen LogP contribution >= 0.6 is 11.6 Å². The summed E-state index contributed by atoms with van der Waals surface area (Å²) in [5.41, 5.74) is -3.29. The largest absolute Gasteiger partial charge is 0.465 e. The number of fused-ring (bicyclic) bond motifs is 1. The molecule has 0 atom stereocenters. The molecule has 0 aliphatic carbocycles. The van der Waals surface area contributed by atoms with Gasteiger partial charge in [-0.1, -0.05) is 11.6 Å². The first-order valence-corrected chi connectivity index (χ1v) is 5.97. The lowest BCUT2D eigenvalue weighted by Crippen LogP contribution is -2.18. The number of halogens is 4. The fourth-order valence-electron chi connectivity index (χ4n) is 1.84. The highest BCUT2D eigenvalue weighted by molar-refractivity contribution is 6.33. The second-order valence-corrected chi connectivity index (χ2v) is 4.62. The Kier molecular flexibility index (Phi) is 3.71. The summed E-state index contributed by atoms with van der Waals surface area (Å²) in [4.78, 5) is 23.1. The van der Waals surface area contributed by atoms with Crippen LogP contribution in [0.15, 0.2) is 21.3 Å². The van der Waals surface area contributed by atoms with Gasteiger partial charge in [-0.05, 0) is 24.6 Å². The van der Waals surface area contributed by atoms with Crippen LogP contribution in [0.5, 0.6) is 0 Å². The van der Waals surface area contributed by atoms with Crippen molar-refractivity contribution in [3.63, 3.8) is 0 Å². The highest BCUT2D eigenvalue weighted by atomic mass is 35.5. The van der Waals surface area contributed by atoms with Crippen LogP contribution in [0.1, 0.15) is 21.5 Å². The molecule has 21 heavy (non-hydrogen) atoms. The molecule has 0 saturated heterocycles. The number of hydrogen-bond donors (Lipinski definition) is 0. The number of esters is 1. The van der Waals surface area contributed by atoms with E-state index in [4.69, 9.17) is 11.6 Å². The monoisotopic (exact) mass is 320 g/mol. The molecule has 1 heterocycles. The molecular formula is C13H8ClF3O4. The Labute approximate surface area is 121 Å². The van der Waals surface area contributed by atoms with Crippen molar-refractivity contribution in [2.75, 3.05) is 7.11 Å². The number of benzene rings is 1. The van der Waals surface area contributed by atoms with Gasteiger partial charge in [-0.25, -0.2) is 9.59 Å². The van der Waals surface area contributed by atoms with Gasteiger partial charge in [0.05, 0.1) is 7.11 Å². The first kappa shape index (κ1) is 15.4.